The molecule has 0 aromatic heterocycles. The standard InChI is InChI=1S/C14H22FN3O/c1-3-8-17-14(19)10-18(2)13(9-16)11-6-4-5-7-12(11)15/h4-7,13H,3,8-10,16H2,1-2H3,(H,17,19). The smallest absolute Gasteiger partial charge is 0.234 e. The van der Waals surface area contributed by atoms with Gasteiger partial charge in [-0.3, -0.25) is 9.69 Å². The fraction of sp³-hybridized carbons (Fsp3) is 0.500. The molecular weight excluding hydrogens is 245 g/mol. The van der Waals surface area contributed by atoms with Gasteiger partial charge >= 0.3 is 0 Å². The van der Waals surface area contributed by atoms with Crippen LogP contribution in [0.5, 0.6) is 0 Å². The fourth-order valence-electron chi connectivity index (χ4n) is 1.95. The summed E-state index contributed by atoms with van der Waals surface area (Å²) in [5.41, 5.74) is 6.23. The number of hydrogen-bond donors (Lipinski definition) is 2. The summed E-state index contributed by atoms with van der Waals surface area (Å²) in [5, 5.41) is 2.79. The van der Waals surface area contributed by atoms with E-state index in [-0.39, 0.29) is 30.9 Å². The Balaban J connectivity index is 2.69. The summed E-state index contributed by atoms with van der Waals surface area (Å²) >= 11 is 0. The van der Waals surface area contributed by atoms with Crippen LogP contribution in [0.2, 0.25) is 0 Å². The van der Waals surface area contributed by atoms with Crippen molar-refractivity contribution in [2.24, 2.45) is 5.73 Å². The lowest BCUT2D eigenvalue weighted by atomic mass is 10.1. The molecule has 4 nitrogen and oxygen atoms in total. The number of rotatable bonds is 7. The van der Waals surface area contributed by atoms with E-state index in [1.165, 1.54) is 6.07 Å². The number of nitrogens with one attached hydrogen (secondary N) is 1. The number of nitrogens with two attached hydrogens (primary N) is 1. The number of amides is 1. The fourth-order valence-corrected chi connectivity index (χ4v) is 1.95. The van der Waals surface area contributed by atoms with Crippen LogP contribution in [0.25, 0.3) is 0 Å². The highest BCUT2D eigenvalue weighted by Crippen LogP contribution is 2.20. The summed E-state index contributed by atoms with van der Waals surface area (Å²) in [6, 6.07) is 6.22. The number of benzene rings is 1. The molecule has 0 bridgehead atoms. The van der Waals surface area contributed by atoms with E-state index in [0.717, 1.165) is 6.42 Å². The van der Waals surface area contributed by atoms with Crippen LogP contribution in [0.1, 0.15) is 24.9 Å². The van der Waals surface area contributed by atoms with Crippen molar-refractivity contribution in [3.63, 3.8) is 0 Å². The Morgan fingerprint density at radius 2 is 2.16 bits per heavy atom. The summed E-state index contributed by atoms with van der Waals surface area (Å²) in [6.45, 7) is 3.11. The minimum Gasteiger partial charge on any atom is -0.355 e. The molecule has 0 spiro atoms. The highest BCUT2D eigenvalue weighted by molar-refractivity contribution is 5.78. The average molecular weight is 267 g/mol. The molecule has 0 aliphatic carbocycles. The highest BCUT2D eigenvalue weighted by atomic mass is 19.1. The van der Waals surface area contributed by atoms with Gasteiger partial charge in [0, 0.05) is 18.7 Å². The van der Waals surface area contributed by atoms with Gasteiger partial charge in [-0.2, -0.15) is 0 Å². The van der Waals surface area contributed by atoms with Crippen molar-refractivity contribution in [3.05, 3.63) is 35.6 Å². The quantitative estimate of drug-likeness (QED) is 0.782. The normalized spacial score (nSPS) is 12.5. The van der Waals surface area contributed by atoms with Crippen molar-refractivity contribution in [1.29, 1.82) is 0 Å². The van der Waals surface area contributed by atoms with Gasteiger partial charge in [0.15, 0.2) is 0 Å². The Labute approximate surface area is 113 Å². The van der Waals surface area contributed by atoms with Gasteiger partial charge in [0.05, 0.1) is 12.6 Å². The van der Waals surface area contributed by atoms with Gasteiger partial charge < -0.3 is 11.1 Å². The number of likely N-dealkylation sites (N-methyl/N-ethyl adjacent to an activating group) is 1. The van der Waals surface area contributed by atoms with Crippen LogP contribution in [0.15, 0.2) is 24.3 Å². The average Bonchev–Trinajstić information content (AvgIpc) is 2.39. The van der Waals surface area contributed by atoms with Crippen LogP contribution in [-0.4, -0.2) is 37.5 Å². The third-order valence-corrected chi connectivity index (χ3v) is 2.98. The lowest BCUT2D eigenvalue weighted by molar-refractivity contribution is -0.122. The number of hydrogen-bond acceptors (Lipinski definition) is 3. The van der Waals surface area contributed by atoms with Crippen molar-refractivity contribution >= 4 is 5.91 Å². The number of carbonyl (C=O) groups is 1. The Hall–Kier alpha value is -1.46. The molecule has 0 aliphatic heterocycles. The van der Waals surface area contributed by atoms with Crippen molar-refractivity contribution in [2.45, 2.75) is 19.4 Å². The third kappa shape index (κ3) is 4.61. The van der Waals surface area contributed by atoms with E-state index in [1.54, 1.807) is 30.1 Å². The van der Waals surface area contributed by atoms with E-state index in [1.807, 2.05) is 6.92 Å². The molecule has 1 amide bonds. The van der Waals surface area contributed by atoms with Crippen molar-refractivity contribution in [2.75, 3.05) is 26.7 Å². The summed E-state index contributed by atoms with van der Waals surface area (Å²) in [7, 11) is 1.77. The Morgan fingerprint density at radius 1 is 1.47 bits per heavy atom. The molecule has 5 heteroatoms. The van der Waals surface area contributed by atoms with E-state index >= 15 is 0 Å². The molecule has 106 valence electrons. The van der Waals surface area contributed by atoms with Crippen molar-refractivity contribution < 1.29 is 9.18 Å². The summed E-state index contributed by atoms with van der Waals surface area (Å²) in [6.07, 6.45) is 0.892. The Morgan fingerprint density at radius 3 is 2.74 bits per heavy atom. The van der Waals surface area contributed by atoms with E-state index in [2.05, 4.69) is 5.32 Å². The van der Waals surface area contributed by atoms with Gasteiger partial charge in [-0.05, 0) is 19.5 Å². The third-order valence-electron chi connectivity index (χ3n) is 2.98. The lowest BCUT2D eigenvalue weighted by Crippen LogP contribution is -2.39. The first-order valence-corrected chi connectivity index (χ1v) is 6.51. The molecule has 0 radical (unpaired) electrons. The molecule has 0 fully saturated rings. The van der Waals surface area contributed by atoms with Gasteiger partial charge in [0.1, 0.15) is 5.82 Å². The van der Waals surface area contributed by atoms with Crippen LogP contribution < -0.4 is 11.1 Å². The first-order valence-electron chi connectivity index (χ1n) is 6.51. The molecular formula is C14H22FN3O. The second-order valence-corrected chi connectivity index (χ2v) is 4.54. The molecule has 0 saturated carbocycles. The maximum atomic E-state index is 13.7. The number of carbonyl (C=O) groups excluding carboxylic acids is 1. The monoisotopic (exact) mass is 267 g/mol. The second kappa shape index (κ2) is 7.86. The number of nitrogens with zero attached hydrogens (tertiary/aromatic N) is 1. The van der Waals surface area contributed by atoms with E-state index in [0.29, 0.717) is 12.1 Å². The maximum Gasteiger partial charge on any atom is 0.234 e. The highest BCUT2D eigenvalue weighted by Gasteiger charge is 2.20. The zero-order valence-electron chi connectivity index (χ0n) is 11.5. The summed E-state index contributed by atoms with van der Waals surface area (Å²) in [5.74, 6) is -0.363. The Kier molecular flexibility index (Phi) is 6.45. The van der Waals surface area contributed by atoms with Gasteiger partial charge in [0.2, 0.25) is 5.91 Å². The first kappa shape index (κ1) is 15.6. The summed E-state index contributed by atoms with van der Waals surface area (Å²) in [4.78, 5) is 13.4. The van der Waals surface area contributed by atoms with E-state index in [4.69, 9.17) is 5.73 Å². The Bertz CT molecular complexity index is 411. The zero-order valence-corrected chi connectivity index (χ0v) is 11.5. The lowest BCUT2D eigenvalue weighted by Gasteiger charge is -2.27. The van der Waals surface area contributed by atoms with Crippen LogP contribution in [0.3, 0.4) is 0 Å². The van der Waals surface area contributed by atoms with Crippen LogP contribution in [-0.2, 0) is 4.79 Å². The van der Waals surface area contributed by atoms with Gasteiger partial charge in [-0.1, -0.05) is 25.1 Å². The minimum atomic E-state index is -0.298. The molecule has 19 heavy (non-hydrogen) atoms. The van der Waals surface area contributed by atoms with E-state index in [9.17, 15) is 9.18 Å². The van der Waals surface area contributed by atoms with Gasteiger partial charge in [-0.15, -0.1) is 0 Å². The topological polar surface area (TPSA) is 58.4 Å². The predicted molar refractivity (Wildman–Crippen MR) is 74.1 cm³/mol. The second-order valence-electron chi connectivity index (χ2n) is 4.54. The minimum absolute atomic E-state index is 0.0702. The molecule has 1 aromatic rings. The van der Waals surface area contributed by atoms with Gasteiger partial charge in [-0.25, -0.2) is 4.39 Å². The largest absolute Gasteiger partial charge is 0.355 e. The molecule has 3 N–H and O–H groups in total. The van der Waals surface area contributed by atoms with Crippen molar-refractivity contribution in [1.82, 2.24) is 10.2 Å². The zero-order chi connectivity index (χ0) is 14.3. The van der Waals surface area contributed by atoms with Crippen molar-refractivity contribution in [3.8, 4) is 0 Å². The molecule has 0 saturated heterocycles. The number of halogens is 1. The molecule has 0 heterocycles. The maximum absolute atomic E-state index is 13.7. The van der Waals surface area contributed by atoms with Crippen LogP contribution in [0, 0.1) is 5.82 Å². The summed E-state index contributed by atoms with van der Waals surface area (Å²) < 4.78 is 13.7. The first-order chi connectivity index (χ1) is 9.10. The molecule has 0 aliphatic rings. The van der Waals surface area contributed by atoms with Gasteiger partial charge in [0.25, 0.3) is 0 Å². The predicted octanol–water partition coefficient (Wildman–Crippen LogP) is 1.28. The van der Waals surface area contributed by atoms with Crippen LogP contribution >= 0.6 is 0 Å². The molecule has 1 unspecified atom stereocenters. The molecule has 1 aromatic carbocycles. The van der Waals surface area contributed by atoms with Crippen LogP contribution in [0.4, 0.5) is 4.39 Å². The molecule has 1 atom stereocenters. The molecule has 1 rings (SSSR count). The SMILES string of the molecule is CCCNC(=O)CN(C)C(CN)c1ccccc1F. The van der Waals surface area contributed by atoms with E-state index < -0.39 is 0 Å².